The van der Waals surface area contributed by atoms with Crippen LogP contribution in [-0.4, -0.2) is 9.97 Å². The molecule has 20 heavy (non-hydrogen) atoms. The maximum Gasteiger partial charge on any atom is 0.240 e. The van der Waals surface area contributed by atoms with Crippen LogP contribution in [0.25, 0.3) is 10.2 Å². The van der Waals surface area contributed by atoms with Gasteiger partial charge in [0, 0.05) is 3.57 Å². The van der Waals surface area contributed by atoms with Gasteiger partial charge in [-0.15, -0.1) is 11.3 Å². The smallest absolute Gasteiger partial charge is 0.240 e. The van der Waals surface area contributed by atoms with Crippen LogP contribution < -0.4 is 16.6 Å². The molecule has 0 saturated heterocycles. The van der Waals surface area contributed by atoms with Crippen LogP contribution >= 0.6 is 33.9 Å². The minimum absolute atomic E-state index is 0.271. The Hall–Kier alpha value is -1.52. The predicted molar refractivity (Wildman–Crippen MR) is 87.6 cm³/mol. The summed E-state index contributed by atoms with van der Waals surface area (Å²) in [5.41, 5.74) is 3.22. The number of nitrogens with one attached hydrogen (secondary N) is 2. The first-order chi connectivity index (χ1) is 9.67. The fraction of sp³-hybridized carbons (Fsp3) is 0. The number of nitrogens with zero attached hydrogens (tertiary/aromatic N) is 2. The number of hydrogen-bond acceptors (Lipinski definition) is 6. The molecule has 0 fully saturated rings. The molecule has 2 aromatic heterocycles. The molecule has 3 aromatic rings. The van der Waals surface area contributed by atoms with E-state index in [4.69, 9.17) is 5.84 Å². The highest BCUT2D eigenvalue weighted by Crippen LogP contribution is 2.30. The quantitative estimate of drug-likeness (QED) is 0.356. The second kappa shape index (κ2) is 5.46. The van der Waals surface area contributed by atoms with Crippen molar-refractivity contribution in [2.24, 2.45) is 5.84 Å². The number of hydrogen-bond donors (Lipinski definition) is 3. The van der Waals surface area contributed by atoms with Crippen molar-refractivity contribution >= 4 is 61.6 Å². The van der Waals surface area contributed by atoms with E-state index in [0.29, 0.717) is 11.8 Å². The van der Waals surface area contributed by atoms with E-state index >= 15 is 0 Å². The highest BCUT2D eigenvalue weighted by atomic mass is 127. The zero-order valence-electron chi connectivity index (χ0n) is 10.0. The van der Waals surface area contributed by atoms with Gasteiger partial charge < -0.3 is 5.32 Å². The summed E-state index contributed by atoms with van der Waals surface area (Å²) in [7, 11) is 0. The Bertz CT molecular complexity index is 776. The molecule has 5 nitrogen and oxygen atoms in total. The minimum Gasteiger partial charge on any atom is -0.339 e. The summed E-state index contributed by atoms with van der Waals surface area (Å²) in [4.78, 5) is 9.39. The molecular weight excluding hydrogens is 392 g/mol. The first-order valence-electron chi connectivity index (χ1n) is 5.61. The van der Waals surface area contributed by atoms with Gasteiger partial charge in [-0.05, 0) is 52.2 Å². The highest BCUT2D eigenvalue weighted by Gasteiger charge is 2.10. The summed E-state index contributed by atoms with van der Waals surface area (Å²) in [6.45, 7) is 0. The van der Waals surface area contributed by atoms with E-state index in [1.54, 1.807) is 6.07 Å². The number of halogens is 2. The summed E-state index contributed by atoms with van der Waals surface area (Å²) in [6, 6.07) is 6.46. The van der Waals surface area contributed by atoms with Gasteiger partial charge in [0.05, 0.1) is 11.1 Å². The lowest BCUT2D eigenvalue weighted by Gasteiger charge is -2.10. The van der Waals surface area contributed by atoms with Crippen LogP contribution in [0.3, 0.4) is 0 Å². The van der Waals surface area contributed by atoms with Gasteiger partial charge in [-0.3, -0.25) is 5.43 Å². The molecule has 0 bridgehead atoms. The number of hydrazine groups is 1. The summed E-state index contributed by atoms with van der Waals surface area (Å²) >= 11 is 3.57. The number of thiophene rings is 1. The molecule has 0 aliphatic rings. The Labute approximate surface area is 131 Å². The van der Waals surface area contributed by atoms with Crippen molar-refractivity contribution in [2.75, 3.05) is 10.7 Å². The molecule has 2 heterocycles. The Morgan fingerprint density at radius 2 is 2.10 bits per heavy atom. The van der Waals surface area contributed by atoms with Crippen molar-refractivity contribution in [3.8, 4) is 0 Å². The van der Waals surface area contributed by atoms with Gasteiger partial charge in [0.2, 0.25) is 5.95 Å². The van der Waals surface area contributed by atoms with E-state index in [0.717, 1.165) is 19.5 Å². The zero-order valence-corrected chi connectivity index (χ0v) is 13.0. The molecule has 0 radical (unpaired) electrons. The Kier molecular flexibility index (Phi) is 3.68. The third-order valence-electron chi connectivity index (χ3n) is 2.64. The van der Waals surface area contributed by atoms with E-state index in [-0.39, 0.29) is 5.82 Å². The predicted octanol–water partition coefficient (Wildman–Crippen LogP) is 3.46. The van der Waals surface area contributed by atoms with Gasteiger partial charge in [-0.1, -0.05) is 0 Å². The first-order valence-corrected chi connectivity index (χ1v) is 7.57. The fourth-order valence-electron chi connectivity index (χ4n) is 1.73. The molecule has 102 valence electrons. The molecule has 0 aliphatic carbocycles. The van der Waals surface area contributed by atoms with Crippen LogP contribution in [0.4, 0.5) is 21.8 Å². The molecule has 0 spiro atoms. The van der Waals surface area contributed by atoms with E-state index in [2.05, 4.69) is 43.3 Å². The van der Waals surface area contributed by atoms with Gasteiger partial charge in [0.1, 0.15) is 16.5 Å². The largest absolute Gasteiger partial charge is 0.339 e. The van der Waals surface area contributed by atoms with Crippen LogP contribution in [0.2, 0.25) is 0 Å². The lowest BCUT2D eigenvalue weighted by atomic mass is 10.3. The number of benzene rings is 1. The Morgan fingerprint density at radius 3 is 2.85 bits per heavy atom. The summed E-state index contributed by atoms with van der Waals surface area (Å²) in [5, 5.41) is 6.02. The second-order valence-electron chi connectivity index (χ2n) is 3.93. The van der Waals surface area contributed by atoms with Crippen LogP contribution in [0, 0.1) is 9.39 Å². The molecule has 0 amide bonds. The zero-order chi connectivity index (χ0) is 14.1. The maximum absolute atomic E-state index is 13.1. The molecule has 0 unspecified atom stereocenters. The molecule has 0 saturated carbocycles. The maximum atomic E-state index is 13.1. The molecule has 1 aromatic carbocycles. The average molecular weight is 401 g/mol. The van der Waals surface area contributed by atoms with Crippen molar-refractivity contribution in [3.63, 3.8) is 0 Å². The number of nitrogens with two attached hydrogens (primary N) is 1. The first kappa shape index (κ1) is 13.5. The van der Waals surface area contributed by atoms with Crippen LogP contribution in [-0.2, 0) is 0 Å². The second-order valence-corrected chi connectivity index (χ2v) is 5.99. The van der Waals surface area contributed by atoms with Gasteiger partial charge in [0.25, 0.3) is 0 Å². The fourth-order valence-corrected chi connectivity index (χ4v) is 3.11. The van der Waals surface area contributed by atoms with E-state index in [1.807, 2.05) is 11.4 Å². The Morgan fingerprint density at radius 1 is 1.25 bits per heavy atom. The van der Waals surface area contributed by atoms with Crippen molar-refractivity contribution < 1.29 is 4.39 Å². The van der Waals surface area contributed by atoms with E-state index in [1.165, 1.54) is 23.5 Å². The van der Waals surface area contributed by atoms with Crippen molar-refractivity contribution in [1.29, 1.82) is 0 Å². The Balaban J connectivity index is 2.07. The summed E-state index contributed by atoms with van der Waals surface area (Å²) in [6.07, 6.45) is 0. The van der Waals surface area contributed by atoms with Crippen LogP contribution in [0.15, 0.2) is 29.6 Å². The third-order valence-corrected chi connectivity index (χ3v) is 4.34. The molecule has 4 N–H and O–H groups in total. The molecule has 3 rings (SSSR count). The van der Waals surface area contributed by atoms with E-state index in [9.17, 15) is 4.39 Å². The van der Waals surface area contributed by atoms with Gasteiger partial charge in [-0.2, -0.15) is 4.98 Å². The molecule has 8 heteroatoms. The van der Waals surface area contributed by atoms with Crippen LogP contribution in [0.1, 0.15) is 0 Å². The van der Waals surface area contributed by atoms with Gasteiger partial charge in [-0.25, -0.2) is 15.2 Å². The van der Waals surface area contributed by atoms with Crippen molar-refractivity contribution in [3.05, 3.63) is 39.0 Å². The molecule has 0 aliphatic heterocycles. The lowest BCUT2D eigenvalue weighted by Crippen LogP contribution is -2.11. The van der Waals surface area contributed by atoms with Gasteiger partial charge in [0.15, 0.2) is 0 Å². The molecular formula is C12H9FIN5S. The van der Waals surface area contributed by atoms with Gasteiger partial charge >= 0.3 is 0 Å². The number of rotatable bonds is 3. The molecule has 0 atom stereocenters. The average Bonchev–Trinajstić information content (AvgIpc) is 2.90. The van der Waals surface area contributed by atoms with Crippen molar-refractivity contribution in [2.45, 2.75) is 0 Å². The number of nitrogen functional groups attached to an aromatic ring is 1. The van der Waals surface area contributed by atoms with Crippen LogP contribution in [0.5, 0.6) is 0 Å². The standard InChI is InChI=1S/C12H9FIN5S/c13-6-1-2-9(8(14)5-6)16-10-7-3-4-20-11(7)18-12(17-10)19-15/h1-5H,15H2,(H2,16,17,18,19). The third kappa shape index (κ3) is 2.53. The van der Waals surface area contributed by atoms with E-state index < -0.39 is 0 Å². The highest BCUT2D eigenvalue weighted by molar-refractivity contribution is 14.1. The topological polar surface area (TPSA) is 75.9 Å². The number of aromatic nitrogens is 2. The number of fused-ring (bicyclic) bond motifs is 1. The monoisotopic (exact) mass is 401 g/mol. The lowest BCUT2D eigenvalue weighted by molar-refractivity contribution is 0.627. The number of anilines is 3. The normalized spacial score (nSPS) is 10.8. The SMILES string of the molecule is NNc1nc(Nc2ccc(F)cc2I)c2ccsc2n1. The summed E-state index contributed by atoms with van der Waals surface area (Å²) in [5.74, 6) is 6.07. The minimum atomic E-state index is -0.271. The summed E-state index contributed by atoms with van der Waals surface area (Å²) < 4.78 is 13.9. The van der Waals surface area contributed by atoms with Crippen molar-refractivity contribution in [1.82, 2.24) is 9.97 Å².